The highest BCUT2D eigenvalue weighted by Gasteiger charge is 2.09. The Hall–Kier alpha value is -1.81. The Labute approximate surface area is 124 Å². The molecule has 0 bridgehead atoms. The molecule has 0 saturated heterocycles. The zero-order valence-electron chi connectivity index (χ0n) is 12.1. The molecule has 0 spiro atoms. The van der Waals surface area contributed by atoms with E-state index in [2.05, 4.69) is 28.7 Å². The van der Waals surface area contributed by atoms with Gasteiger partial charge in [0, 0.05) is 24.2 Å². The highest BCUT2D eigenvalue weighted by Crippen LogP contribution is 2.26. The minimum atomic E-state index is 0.357. The van der Waals surface area contributed by atoms with E-state index in [1.807, 2.05) is 38.2 Å². The second-order valence-electron chi connectivity index (χ2n) is 4.93. The lowest BCUT2D eigenvalue weighted by molar-refractivity contribution is 0.461. The summed E-state index contributed by atoms with van der Waals surface area (Å²) in [4.78, 5) is 10.4. The van der Waals surface area contributed by atoms with Crippen molar-refractivity contribution in [2.75, 3.05) is 11.9 Å². The topological polar surface area (TPSA) is 38.2 Å². The van der Waals surface area contributed by atoms with Crippen LogP contribution in [0.25, 0.3) is 0 Å². The first kappa shape index (κ1) is 14.6. The van der Waals surface area contributed by atoms with E-state index in [4.69, 9.17) is 16.3 Å². The summed E-state index contributed by atoms with van der Waals surface area (Å²) in [6.07, 6.45) is 1.51. The van der Waals surface area contributed by atoms with Gasteiger partial charge in [-0.25, -0.2) is 9.97 Å². The van der Waals surface area contributed by atoms with Gasteiger partial charge in [0.1, 0.15) is 17.9 Å². The molecule has 0 radical (unpaired) electrons. The van der Waals surface area contributed by atoms with Gasteiger partial charge in [0.15, 0.2) is 0 Å². The molecular weight excluding hydrogens is 274 g/mol. The normalized spacial score (nSPS) is 10.7. The number of anilines is 1. The van der Waals surface area contributed by atoms with Crippen LogP contribution in [0.15, 0.2) is 30.6 Å². The van der Waals surface area contributed by atoms with Gasteiger partial charge in [0.2, 0.25) is 5.88 Å². The van der Waals surface area contributed by atoms with E-state index in [0.29, 0.717) is 17.7 Å². The zero-order chi connectivity index (χ0) is 14.7. The summed E-state index contributed by atoms with van der Waals surface area (Å²) >= 11 is 6.00. The minimum Gasteiger partial charge on any atom is -0.439 e. The van der Waals surface area contributed by atoms with Crippen LogP contribution in [0.2, 0.25) is 5.02 Å². The average Bonchev–Trinajstić information content (AvgIpc) is 2.42. The molecule has 0 aliphatic heterocycles. The lowest BCUT2D eigenvalue weighted by Gasteiger charge is -2.22. The molecule has 0 aliphatic carbocycles. The fourth-order valence-electron chi connectivity index (χ4n) is 1.64. The zero-order valence-corrected chi connectivity index (χ0v) is 12.8. The monoisotopic (exact) mass is 291 g/mol. The lowest BCUT2D eigenvalue weighted by Crippen LogP contribution is -2.26. The molecular formula is C15H18ClN3O. The van der Waals surface area contributed by atoms with E-state index in [1.54, 1.807) is 0 Å². The van der Waals surface area contributed by atoms with Gasteiger partial charge in [0.05, 0.1) is 0 Å². The van der Waals surface area contributed by atoms with Crippen molar-refractivity contribution < 1.29 is 4.74 Å². The smallest absolute Gasteiger partial charge is 0.224 e. The third-order valence-corrected chi connectivity index (χ3v) is 3.54. The van der Waals surface area contributed by atoms with Crippen molar-refractivity contribution in [1.82, 2.24) is 9.97 Å². The van der Waals surface area contributed by atoms with E-state index < -0.39 is 0 Å². The summed E-state index contributed by atoms with van der Waals surface area (Å²) in [5, 5.41) is 0.722. The Bertz CT molecular complexity index is 601. The number of halogens is 1. The third kappa shape index (κ3) is 3.39. The van der Waals surface area contributed by atoms with Crippen LogP contribution >= 0.6 is 11.6 Å². The summed E-state index contributed by atoms with van der Waals surface area (Å²) in [6, 6.07) is 7.70. The molecule has 0 N–H and O–H groups in total. The molecule has 5 heteroatoms. The van der Waals surface area contributed by atoms with E-state index in [1.165, 1.54) is 6.33 Å². The molecule has 20 heavy (non-hydrogen) atoms. The summed E-state index contributed by atoms with van der Waals surface area (Å²) in [6.45, 7) is 6.14. The number of hydrogen-bond acceptors (Lipinski definition) is 4. The molecule has 0 unspecified atom stereocenters. The Kier molecular flexibility index (Phi) is 4.45. The van der Waals surface area contributed by atoms with Crippen LogP contribution in [0, 0.1) is 6.92 Å². The summed E-state index contributed by atoms with van der Waals surface area (Å²) in [5.74, 6) is 2.06. The van der Waals surface area contributed by atoms with Crippen LogP contribution in [-0.2, 0) is 0 Å². The summed E-state index contributed by atoms with van der Waals surface area (Å²) in [7, 11) is 1.99. The van der Waals surface area contributed by atoms with Gasteiger partial charge in [-0.1, -0.05) is 11.6 Å². The second kappa shape index (κ2) is 6.09. The van der Waals surface area contributed by atoms with E-state index in [9.17, 15) is 0 Å². The maximum absolute atomic E-state index is 6.00. The van der Waals surface area contributed by atoms with Gasteiger partial charge in [-0.05, 0) is 44.5 Å². The van der Waals surface area contributed by atoms with Crippen LogP contribution in [-0.4, -0.2) is 23.1 Å². The summed E-state index contributed by atoms with van der Waals surface area (Å²) in [5.41, 5.74) is 0.970. The van der Waals surface area contributed by atoms with Crippen LogP contribution in [0.3, 0.4) is 0 Å². The Balaban J connectivity index is 2.21. The molecule has 0 fully saturated rings. The Morgan fingerprint density at radius 1 is 1.20 bits per heavy atom. The number of aromatic nitrogens is 2. The van der Waals surface area contributed by atoms with E-state index >= 15 is 0 Å². The maximum Gasteiger partial charge on any atom is 0.224 e. The number of benzene rings is 1. The van der Waals surface area contributed by atoms with Gasteiger partial charge >= 0.3 is 0 Å². The highest BCUT2D eigenvalue weighted by atomic mass is 35.5. The molecule has 2 rings (SSSR count). The van der Waals surface area contributed by atoms with Crippen molar-refractivity contribution in [2.24, 2.45) is 0 Å². The number of rotatable bonds is 4. The Morgan fingerprint density at radius 2 is 1.95 bits per heavy atom. The number of ether oxygens (including phenoxy) is 1. The molecule has 0 amide bonds. The Morgan fingerprint density at radius 3 is 2.60 bits per heavy atom. The molecule has 106 valence electrons. The lowest BCUT2D eigenvalue weighted by atomic mass is 10.2. The molecule has 0 saturated carbocycles. The molecule has 1 heterocycles. The molecule has 1 aromatic heterocycles. The molecule has 0 atom stereocenters. The third-order valence-electron chi connectivity index (χ3n) is 3.12. The van der Waals surface area contributed by atoms with Crippen molar-refractivity contribution >= 4 is 17.4 Å². The fraction of sp³-hybridized carbons (Fsp3) is 0.333. The van der Waals surface area contributed by atoms with E-state index in [-0.39, 0.29) is 0 Å². The molecule has 2 aromatic rings. The predicted molar refractivity (Wildman–Crippen MR) is 81.8 cm³/mol. The van der Waals surface area contributed by atoms with Crippen LogP contribution in [0.1, 0.15) is 19.4 Å². The first-order valence-corrected chi connectivity index (χ1v) is 6.84. The maximum atomic E-state index is 6.00. The largest absolute Gasteiger partial charge is 0.439 e. The number of hydrogen-bond donors (Lipinski definition) is 0. The first-order chi connectivity index (χ1) is 9.47. The van der Waals surface area contributed by atoms with E-state index in [0.717, 1.165) is 16.4 Å². The van der Waals surface area contributed by atoms with Gasteiger partial charge in [-0.2, -0.15) is 0 Å². The van der Waals surface area contributed by atoms with Gasteiger partial charge in [-0.3, -0.25) is 0 Å². The van der Waals surface area contributed by atoms with Crippen molar-refractivity contribution in [3.05, 3.63) is 41.2 Å². The van der Waals surface area contributed by atoms with Crippen LogP contribution in [0.5, 0.6) is 11.6 Å². The second-order valence-corrected chi connectivity index (χ2v) is 5.34. The van der Waals surface area contributed by atoms with Crippen LogP contribution in [0.4, 0.5) is 5.82 Å². The molecule has 1 aromatic carbocycles. The number of nitrogens with zero attached hydrogens (tertiary/aromatic N) is 3. The summed E-state index contributed by atoms with van der Waals surface area (Å²) < 4.78 is 5.75. The minimum absolute atomic E-state index is 0.357. The van der Waals surface area contributed by atoms with Crippen LogP contribution < -0.4 is 9.64 Å². The van der Waals surface area contributed by atoms with Gasteiger partial charge in [-0.15, -0.1) is 0 Å². The SMILES string of the molecule is Cc1cc(Oc2cc(N(C)C(C)C)ncn2)ccc1Cl. The van der Waals surface area contributed by atoms with Gasteiger partial charge < -0.3 is 9.64 Å². The molecule has 0 aliphatic rings. The average molecular weight is 292 g/mol. The van der Waals surface area contributed by atoms with Crippen molar-refractivity contribution in [2.45, 2.75) is 26.8 Å². The quantitative estimate of drug-likeness (QED) is 0.851. The number of aryl methyl sites for hydroxylation is 1. The highest BCUT2D eigenvalue weighted by molar-refractivity contribution is 6.31. The van der Waals surface area contributed by atoms with Gasteiger partial charge in [0.25, 0.3) is 0 Å². The molecule has 4 nitrogen and oxygen atoms in total. The van der Waals surface area contributed by atoms with Crippen molar-refractivity contribution in [1.29, 1.82) is 0 Å². The predicted octanol–water partition coefficient (Wildman–Crippen LogP) is 4.08. The standard InChI is InChI=1S/C15H18ClN3O/c1-10(2)19(4)14-8-15(18-9-17-14)20-12-5-6-13(16)11(3)7-12/h5-10H,1-4H3. The van der Waals surface area contributed by atoms with Crippen molar-refractivity contribution in [3.8, 4) is 11.6 Å². The first-order valence-electron chi connectivity index (χ1n) is 6.46. The van der Waals surface area contributed by atoms with Crippen molar-refractivity contribution in [3.63, 3.8) is 0 Å². The fourth-order valence-corrected chi connectivity index (χ4v) is 1.76.